The number of para-hydroxylation sites is 1. The lowest BCUT2D eigenvalue weighted by Crippen LogP contribution is -2.25. The van der Waals surface area contributed by atoms with Crippen LogP contribution in [0.5, 0.6) is 0 Å². The topological polar surface area (TPSA) is 64.0 Å². The van der Waals surface area contributed by atoms with Gasteiger partial charge in [-0.3, -0.25) is 14.2 Å². The van der Waals surface area contributed by atoms with E-state index in [0.717, 1.165) is 32.1 Å². The van der Waals surface area contributed by atoms with E-state index in [-0.39, 0.29) is 23.3 Å². The first kappa shape index (κ1) is 22.6. The third-order valence-corrected chi connectivity index (χ3v) is 7.30. The molecule has 0 unspecified atom stereocenters. The number of thioether (sulfide) groups is 1. The minimum absolute atomic E-state index is 0.0271. The van der Waals surface area contributed by atoms with E-state index in [1.54, 1.807) is 4.57 Å². The third kappa shape index (κ3) is 4.32. The second kappa shape index (κ2) is 8.94. The minimum Gasteiger partial charge on any atom is -0.325 e. The lowest BCUT2D eigenvalue weighted by Gasteiger charge is -2.17. The highest BCUT2D eigenvalue weighted by molar-refractivity contribution is 7.99. The zero-order chi connectivity index (χ0) is 22.2. The number of carbonyl (C=O) groups is 1. The standard InChI is InChI=1S/C23H29N3O2S2/c1-12(2)17-10-8-9-14(5)20(17)24-18(27)11-29-23-25-21-19(15(6)16(7)30-21)22(28)26(23)13(3)4/h8-10,12-13H,11H2,1-7H3,(H,24,27). The molecule has 160 valence electrons. The molecule has 0 spiro atoms. The van der Waals surface area contributed by atoms with Gasteiger partial charge in [-0.15, -0.1) is 11.3 Å². The van der Waals surface area contributed by atoms with Crippen molar-refractivity contribution in [3.05, 3.63) is 50.1 Å². The summed E-state index contributed by atoms with van der Waals surface area (Å²) in [4.78, 5) is 32.5. The SMILES string of the molecule is Cc1cccc(C(C)C)c1NC(=O)CSc1nc2sc(C)c(C)c2c(=O)n1C(C)C. The number of thiophene rings is 1. The number of rotatable bonds is 6. The van der Waals surface area contributed by atoms with Crippen molar-refractivity contribution in [1.82, 2.24) is 9.55 Å². The maximum atomic E-state index is 13.1. The predicted molar refractivity (Wildman–Crippen MR) is 128 cm³/mol. The summed E-state index contributed by atoms with van der Waals surface area (Å²) in [5.74, 6) is 0.410. The Morgan fingerprint density at radius 1 is 1.20 bits per heavy atom. The fraction of sp³-hybridized carbons (Fsp3) is 0.435. The molecule has 0 radical (unpaired) electrons. The van der Waals surface area contributed by atoms with E-state index in [2.05, 4.69) is 19.2 Å². The van der Waals surface area contributed by atoms with Gasteiger partial charge in [-0.2, -0.15) is 0 Å². The first-order valence-electron chi connectivity index (χ1n) is 10.2. The number of aryl methyl sites for hydroxylation is 3. The summed E-state index contributed by atoms with van der Waals surface area (Å²) in [6, 6.07) is 6.03. The Hall–Kier alpha value is -2.12. The Morgan fingerprint density at radius 3 is 2.53 bits per heavy atom. The zero-order valence-electron chi connectivity index (χ0n) is 18.6. The smallest absolute Gasteiger partial charge is 0.263 e. The van der Waals surface area contributed by atoms with Gasteiger partial charge in [0.25, 0.3) is 5.56 Å². The Bertz CT molecular complexity index is 1160. The van der Waals surface area contributed by atoms with Gasteiger partial charge in [0.2, 0.25) is 5.91 Å². The van der Waals surface area contributed by atoms with Crippen LogP contribution >= 0.6 is 23.1 Å². The van der Waals surface area contributed by atoms with E-state index < -0.39 is 0 Å². The van der Waals surface area contributed by atoms with E-state index in [1.165, 1.54) is 23.1 Å². The average molecular weight is 444 g/mol. The van der Waals surface area contributed by atoms with Crippen molar-refractivity contribution in [2.24, 2.45) is 0 Å². The van der Waals surface area contributed by atoms with Gasteiger partial charge in [0.1, 0.15) is 4.83 Å². The molecule has 7 heteroatoms. The van der Waals surface area contributed by atoms with Gasteiger partial charge in [0, 0.05) is 16.6 Å². The molecule has 0 aliphatic heterocycles. The quantitative estimate of drug-likeness (QED) is 0.385. The molecule has 0 aliphatic carbocycles. The van der Waals surface area contributed by atoms with Crippen molar-refractivity contribution >= 4 is 44.9 Å². The van der Waals surface area contributed by atoms with Gasteiger partial charge >= 0.3 is 0 Å². The van der Waals surface area contributed by atoms with Crippen LogP contribution in [0.2, 0.25) is 0 Å². The highest BCUT2D eigenvalue weighted by Gasteiger charge is 2.19. The Kier molecular flexibility index (Phi) is 6.72. The van der Waals surface area contributed by atoms with Crippen LogP contribution in [0.1, 0.15) is 61.2 Å². The Balaban J connectivity index is 1.88. The molecule has 30 heavy (non-hydrogen) atoms. The van der Waals surface area contributed by atoms with Crippen LogP contribution in [0.25, 0.3) is 10.2 Å². The summed E-state index contributed by atoms with van der Waals surface area (Å²) < 4.78 is 1.70. The molecule has 3 rings (SSSR count). The van der Waals surface area contributed by atoms with Crippen molar-refractivity contribution in [1.29, 1.82) is 0 Å². The zero-order valence-corrected chi connectivity index (χ0v) is 20.3. The van der Waals surface area contributed by atoms with Crippen LogP contribution in [0.15, 0.2) is 28.2 Å². The number of nitrogens with one attached hydrogen (secondary N) is 1. The number of fused-ring (bicyclic) bond motifs is 1. The molecule has 3 aromatic rings. The van der Waals surface area contributed by atoms with E-state index in [1.807, 2.05) is 52.8 Å². The normalized spacial score (nSPS) is 11.6. The van der Waals surface area contributed by atoms with Crippen molar-refractivity contribution in [3.8, 4) is 0 Å². The number of aromatic nitrogens is 2. The van der Waals surface area contributed by atoms with E-state index >= 15 is 0 Å². The molecule has 0 saturated heterocycles. The summed E-state index contributed by atoms with van der Waals surface area (Å²) in [6.07, 6.45) is 0. The summed E-state index contributed by atoms with van der Waals surface area (Å²) in [5, 5.41) is 4.36. The number of anilines is 1. The van der Waals surface area contributed by atoms with Gasteiger partial charge in [-0.1, -0.05) is 43.8 Å². The summed E-state index contributed by atoms with van der Waals surface area (Å²) >= 11 is 2.85. The molecule has 0 atom stereocenters. The predicted octanol–water partition coefficient (Wildman–Crippen LogP) is 5.82. The van der Waals surface area contributed by atoms with Crippen LogP contribution in [-0.4, -0.2) is 21.2 Å². The van der Waals surface area contributed by atoms with Gasteiger partial charge in [-0.25, -0.2) is 4.98 Å². The minimum atomic E-state index is -0.0978. The monoisotopic (exact) mass is 443 g/mol. The number of hydrogen-bond acceptors (Lipinski definition) is 5. The molecule has 1 amide bonds. The second-order valence-corrected chi connectivity index (χ2v) is 10.3. The molecule has 0 fully saturated rings. The van der Waals surface area contributed by atoms with Crippen molar-refractivity contribution in [2.75, 3.05) is 11.1 Å². The van der Waals surface area contributed by atoms with E-state index in [4.69, 9.17) is 4.98 Å². The van der Waals surface area contributed by atoms with Crippen LogP contribution in [-0.2, 0) is 4.79 Å². The maximum Gasteiger partial charge on any atom is 0.263 e. The number of amides is 1. The number of nitrogens with zero attached hydrogens (tertiary/aromatic N) is 2. The van der Waals surface area contributed by atoms with E-state index in [0.29, 0.717) is 16.5 Å². The second-order valence-electron chi connectivity index (χ2n) is 8.16. The summed E-state index contributed by atoms with van der Waals surface area (Å²) in [5.41, 5.74) is 4.02. The van der Waals surface area contributed by atoms with Gasteiger partial charge in [0.15, 0.2) is 5.16 Å². The highest BCUT2D eigenvalue weighted by Crippen LogP contribution is 2.30. The molecular formula is C23H29N3O2S2. The Labute approximate surface area is 185 Å². The van der Waals surface area contributed by atoms with Crippen molar-refractivity contribution < 1.29 is 4.79 Å². The highest BCUT2D eigenvalue weighted by atomic mass is 32.2. The lowest BCUT2D eigenvalue weighted by molar-refractivity contribution is -0.113. The van der Waals surface area contributed by atoms with Crippen LogP contribution < -0.4 is 10.9 Å². The summed E-state index contributed by atoms with van der Waals surface area (Å²) in [6.45, 7) is 14.1. The Morgan fingerprint density at radius 2 is 1.90 bits per heavy atom. The molecule has 2 aromatic heterocycles. The van der Waals surface area contributed by atoms with Crippen LogP contribution in [0.4, 0.5) is 5.69 Å². The molecule has 0 saturated carbocycles. The average Bonchev–Trinajstić information content (AvgIpc) is 2.95. The fourth-order valence-electron chi connectivity index (χ4n) is 3.49. The number of benzene rings is 1. The van der Waals surface area contributed by atoms with Crippen molar-refractivity contribution in [3.63, 3.8) is 0 Å². The largest absolute Gasteiger partial charge is 0.325 e. The molecule has 2 heterocycles. The number of carbonyl (C=O) groups excluding carboxylic acids is 1. The first-order chi connectivity index (χ1) is 14.1. The third-order valence-electron chi connectivity index (χ3n) is 5.24. The molecule has 5 nitrogen and oxygen atoms in total. The van der Waals surface area contributed by atoms with E-state index in [9.17, 15) is 9.59 Å². The fourth-order valence-corrected chi connectivity index (χ4v) is 5.49. The van der Waals surface area contributed by atoms with Crippen molar-refractivity contribution in [2.45, 2.75) is 65.6 Å². The molecule has 1 N–H and O–H groups in total. The molecule has 0 bridgehead atoms. The lowest BCUT2D eigenvalue weighted by atomic mass is 9.98. The van der Waals surface area contributed by atoms with Gasteiger partial charge < -0.3 is 5.32 Å². The number of hydrogen-bond donors (Lipinski definition) is 1. The maximum absolute atomic E-state index is 13.1. The van der Waals surface area contributed by atoms with Gasteiger partial charge in [0.05, 0.1) is 11.1 Å². The summed E-state index contributed by atoms with van der Waals surface area (Å²) in [7, 11) is 0. The van der Waals surface area contributed by atoms with Gasteiger partial charge in [-0.05, 0) is 57.2 Å². The molecule has 1 aromatic carbocycles. The first-order valence-corrected chi connectivity index (χ1v) is 12.0. The molecule has 0 aliphatic rings. The van der Waals surface area contributed by atoms with Crippen LogP contribution in [0.3, 0.4) is 0 Å². The van der Waals surface area contributed by atoms with Crippen LogP contribution in [0, 0.1) is 20.8 Å². The molecular weight excluding hydrogens is 414 g/mol.